The van der Waals surface area contributed by atoms with E-state index in [9.17, 15) is 13.2 Å². The summed E-state index contributed by atoms with van der Waals surface area (Å²) in [6.45, 7) is 3.92. The van der Waals surface area contributed by atoms with Gasteiger partial charge < -0.3 is 4.90 Å². The van der Waals surface area contributed by atoms with Crippen LogP contribution in [0.25, 0.3) is 0 Å². The molecule has 29 heavy (non-hydrogen) atoms. The Kier molecular flexibility index (Phi) is 4.78. The minimum absolute atomic E-state index is 0.00734. The maximum atomic E-state index is 13.6. The summed E-state index contributed by atoms with van der Waals surface area (Å²) in [4.78, 5) is 16.0. The molecule has 1 aromatic rings. The molecule has 0 aromatic heterocycles. The summed E-state index contributed by atoms with van der Waals surface area (Å²) in [7, 11) is -3.51. The molecule has 1 amide bonds. The van der Waals surface area contributed by atoms with Gasteiger partial charge in [-0.15, -0.1) is 0 Å². The number of rotatable bonds is 5. The van der Waals surface area contributed by atoms with Gasteiger partial charge in [0.1, 0.15) is 0 Å². The summed E-state index contributed by atoms with van der Waals surface area (Å²) < 4.78 is 27.5. The largest absolute Gasteiger partial charge is 0.333 e. The lowest BCUT2D eigenvalue weighted by atomic mass is 9.52. The van der Waals surface area contributed by atoms with Crippen LogP contribution in [0.1, 0.15) is 68.6 Å². The minimum atomic E-state index is -3.51. The van der Waals surface area contributed by atoms with E-state index in [1.165, 1.54) is 19.3 Å². The van der Waals surface area contributed by atoms with Crippen molar-refractivity contribution in [2.75, 3.05) is 19.6 Å². The predicted molar refractivity (Wildman–Crippen MR) is 112 cm³/mol. The lowest BCUT2D eigenvalue weighted by Crippen LogP contribution is -2.61. The quantitative estimate of drug-likeness (QED) is 0.731. The first-order chi connectivity index (χ1) is 13.9. The van der Waals surface area contributed by atoms with Crippen molar-refractivity contribution >= 4 is 15.9 Å². The molecule has 6 heteroatoms. The molecule has 4 aliphatic carbocycles. The van der Waals surface area contributed by atoms with Gasteiger partial charge in [-0.1, -0.05) is 6.07 Å². The SMILES string of the molecule is CCN(C(=O)c1cccc(S(=O)(=O)N2CCCC2)c1)C12CC3CC(CC(C3)C1)C2. The Morgan fingerprint density at radius 3 is 2.21 bits per heavy atom. The molecule has 1 saturated heterocycles. The van der Waals surface area contributed by atoms with Gasteiger partial charge in [0.25, 0.3) is 5.91 Å². The van der Waals surface area contributed by atoms with Crippen molar-refractivity contribution in [3.8, 4) is 0 Å². The summed E-state index contributed by atoms with van der Waals surface area (Å²) in [6.07, 6.45) is 9.23. The van der Waals surface area contributed by atoms with Crippen LogP contribution in [0.5, 0.6) is 0 Å². The number of carbonyl (C=O) groups is 1. The lowest BCUT2D eigenvalue weighted by molar-refractivity contribution is -0.0731. The van der Waals surface area contributed by atoms with Gasteiger partial charge >= 0.3 is 0 Å². The number of carbonyl (C=O) groups excluding carboxylic acids is 1. The second-order valence-electron chi connectivity index (χ2n) is 9.83. The molecule has 5 fully saturated rings. The molecule has 5 nitrogen and oxygen atoms in total. The van der Waals surface area contributed by atoms with Crippen LogP contribution < -0.4 is 0 Å². The van der Waals surface area contributed by atoms with Crippen molar-refractivity contribution in [1.29, 1.82) is 0 Å². The predicted octanol–water partition coefficient (Wildman–Crippen LogP) is 3.90. The Morgan fingerprint density at radius 1 is 1.07 bits per heavy atom. The fraction of sp³-hybridized carbons (Fsp3) is 0.696. The third-order valence-corrected chi connectivity index (χ3v) is 9.82. The zero-order valence-corrected chi connectivity index (χ0v) is 18.2. The highest BCUT2D eigenvalue weighted by molar-refractivity contribution is 7.89. The second kappa shape index (κ2) is 7.09. The molecule has 4 saturated carbocycles. The molecule has 1 aliphatic heterocycles. The van der Waals surface area contributed by atoms with Gasteiger partial charge in [-0.2, -0.15) is 4.31 Å². The third kappa shape index (κ3) is 3.23. The van der Waals surface area contributed by atoms with E-state index < -0.39 is 10.0 Å². The van der Waals surface area contributed by atoms with Crippen molar-refractivity contribution < 1.29 is 13.2 Å². The van der Waals surface area contributed by atoms with Gasteiger partial charge in [-0.3, -0.25) is 4.79 Å². The van der Waals surface area contributed by atoms with Crippen molar-refractivity contribution in [1.82, 2.24) is 9.21 Å². The molecule has 0 atom stereocenters. The van der Waals surface area contributed by atoms with Crippen molar-refractivity contribution in [3.05, 3.63) is 29.8 Å². The van der Waals surface area contributed by atoms with Crippen LogP contribution in [-0.4, -0.2) is 48.7 Å². The average Bonchev–Trinajstić information content (AvgIpc) is 3.23. The topological polar surface area (TPSA) is 57.7 Å². The molecule has 0 N–H and O–H groups in total. The number of nitrogens with zero attached hydrogens (tertiary/aromatic N) is 2. The smallest absolute Gasteiger partial charge is 0.254 e. The Labute approximate surface area is 174 Å². The number of amides is 1. The Morgan fingerprint density at radius 2 is 1.66 bits per heavy atom. The van der Waals surface area contributed by atoms with Crippen LogP contribution in [0.15, 0.2) is 29.2 Å². The Hall–Kier alpha value is -1.40. The third-order valence-electron chi connectivity index (χ3n) is 7.92. The van der Waals surface area contributed by atoms with Crippen molar-refractivity contribution in [3.63, 3.8) is 0 Å². The lowest BCUT2D eigenvalue weighted by Gasteiger charge is -2.60. The summed E-state index contributed by atoms with van der Waals surface area (Å²) in [6, 6.07) is 6.75. The average molecular weight is 417 g/mol. The summed E-state index contributed by atoms with van der Waals surface area (Å²) in [5, 5.41) is 0. The van der Waals surface area contributed by atoms with Gasteiger partial charge in [0.05, 0.1) is 4.90 Å². The molecule has 0 unspecified atom stereocenters. The number of hydrogen-bond donors (Lipinski definition) is 0. The van der Waals surface area contributed by atoms with E-state index in [0.717, 1.165) is 49.9 Å². The standard InChI is InChI=1S/C23H32N2O3S/c1-2-25(23-14-17-10-18(15-23)12-19(11-17)16-23)22(26)20-6-5-7-21(13-20)29(27,28)24-8-3-4-9-24/h5-7,13,17-19H,2-4,8-12,14-16H2,1H3. The molecule has 1 aromatic carbocycles. The van der Waals surface area contributed by atoms with E-state index in [1.807, 2.05) is 0 Å². The minimum Gasteiger partial charge on any atom is -0.333 e. The van der Waals surface area contributed by atoms with E-state index in [-0.39, 0.29) is 16.3 Å². The normalized spacial score (nSPS) is 33.9. The number of benzene rings is 1. The maximum Gasteiger partial charge on any atom is 0.254 e. The zero-order valence-electron chi connectivity index (χ0n) is 17.3. The van der Waals surface area contributed by atoms with Crippen LogP contribution in [0.3, 0.4) is 0 Å². The maximum absolute atomic E-state index is 13.6. The molecule has 158 valence electrons. The molecule has 4 bridgehead atoms. The first-order valence-corrected chi connectivity index (χ1v) is 12.8. The van der Waals surface area contributed by atoms with Gasteiger partial charge in [0, 0.05) is 30.7 Å². The first kappa shape index (κ1) is 19.6. The van der Waals surface area contributed by atoms with Crippen molar-refractivity contribution in [2.45, 2.75) is 68.7 Å². The van der Waals surface area contributed by atoms with Crippen LogP contribution in [0.4, 0.5) is 0 Å². The van der Waals surface area contributed by atoms with Crippen LogP contribution in [0, 0.1) is 17.8 Å². The van der Waals surface area contributed by atoms with Crippen LogP contribution >= 0.6 is 0 Å². The van der Waals surface area contributed by atoms with Crippen LogP contribution in [-0.2, 0) is 10.0 Å². The Balaban J connectivity index is 1.44. The van der Waals surface area contributed by atoms with E-state index >= 15 is 0 Å². The first-order valence-electron chi connectivity index (χ1n) is 11.3. The second-order valence-corrected chi connectivity index (χ2v) is 11.8. The Bertz CT molecular complexity index is 869. The zero-order chi connectivity index (χ0) is 20.2. The highest BCUT2D eigenvalue weighted by atomic mass is 32.2. The monoisotopic (exact) mass is 416 g/mol. The molecule has 6 rings (SSSR count). The van der Waals surface area contributed by atoms with Gasteiger partial charge in [-0.05, 0) is 94.2 Å². The molecule has 0 spiro atoms. The van der Waals surface area contributed by atoms with E-state index in [1.54, 1.807) is 28.6 Å². The van der Waals surface area contributed by atoms with Gasteiger partial charge in [0.15, 0.2) is 0 Å². The van der Waals surface area contributed by atoms with Crippen LogP contribution in [0.2, 0.25) is 0 Å². The van der Waals surface area contributed by atoms with E-state index in [2.05, 4.69) is 11.8 Å². The van der Waals surface area contributed by atoms with Gasteiger partial charge in [0.2, 0.25) is 10.0 Å². The highest BCUT2D eigenvalue weighted by Gasteiger charge is 2.54. The summed E-state index contributed by atoms with van der Waals surface area (Å²) >= 11 is 0. The van der Waals surface area contributed by atoms with E-state index in [4.69, 9.17) is 0 Å². The van der Waals surface area contributed by atoms with Crippen molar-refractivity contribution in [2.24, 2.45) is 17.8 Å². The van der Waals surface area contributed by atoms with E-state index in [0.29, 0.717) is 25.2 Å². The molecule has 5 aliphatic rings. The summed E-state index contributed by atoms with van der Waals surface area (Å²) in [5.41, 5.74) is 0.507. The molecule has 0 radical (unpaired) electrons. The molecular formula is C23H32N2O3S. The van der Waals surface area contributed by atoms with Gasteiger partial charge in [-0.25, -0.2) is 8.42 Å². The molecule has 1 heterocycles. The highest BCUT2D eigenvalue weighted by Crippen LogP contribution is 2.58. The number of hydrogen-bond acceptors (Lipinski definition) is 3. The summed E-state index contributed by atoms with van der Waals surface area (Å²) in [5.74, 6) is 2.31. The fourth-order valence-electron chi connectivity index (χ4n) is 7.11. The fourth-order valence-corrected chi connectivity index (χ4v) is 8.68. The molecular weight excluding hydrogens is 384 g/mol. The number of sulfonamides is 1.